The van der Waals surface area contributed by atoms with Gasteiger partial charge >= 0.3 is 0 Å². The van der Waals surface area contributed by atoms with Crippen LogP contribution in [0.4, 0.5) is 5.69 Å². The lowest BCUT2D eigenvalue weighted by Crippen LogP contribution is -2.27. The largest absolute Gasteiger partial charge is 0.374 e. The molecule has 0 radical (unpaired) electrons. The second-order valence-corrected chi connectivity index (χ2v) is 7.33. The lowest BCUT2D eigenvalue weighted by Gasteiger charge is -2.21. The number of rotatable bonds is 2. The molecule has 1 aromatic rings. The summed E-state index contributed by atoms with van der Waals surface area (Å²) >= 11 is 3.77. The van der Waals surface area contributed by atoms with Crippen LogP contribution in [0.15, 0.2) is 18.2 Å². The first-order valence-corrected chi connectivity index (χ1v) is 8.06. The van der Waals surface area contributed by atoms with Gasteiger partial charge in [-0.25, -0.2) is 0 Å². The van der Waals surface area contributed by atoms with Crippen molar-refractivity contribution in [1.29, 1.82) is 0 Å². The number of hydrogen-bond acceptors (Lipinski definition) is 2. The topological polar surface area (TPSA) is 38.3 Å². The zero-order chi connectivity index (χ0) is 14.5. The quantitative estimate of drug-likeness (QED) is 0.830. The van der Waals surface area contributed by atoms with E-state index in [2.05, 4.69) is 40.3 Å². The van der Waals surface area contributed by atoms with Crippen molar-refractivity contribution in [2.75, 3.05) is 5.32 Å². The van der Waals surface area contributed by atoms with E-state index in [-0.39, 0.29) is 16.8 Å². The van der Waals surface area contributed by atoms with Crippen molar-refractivity contribution in [3.8, 4) is 0 Å². The molecule has 0 saturated carbocycles. The molecule has 2 aliphatic heterocycles. The molecule has 3 atom stereocenters. The third-order valence-corrected chi connectivity index (χ3v) is 5.56. The van der Waals surface area contributed by atoms with Crippen LogP contribution >= 0.6 is 15.9 Å². The van der Waals surface area contributed by atoms with Crippen molar-refractivity contribution in [3.05, 3.63) is 29.3 Å². The number of fused-ring (bicyclic) bond motifs is 1. The van der Waals surface area contributed by atoms with Gasteiger partial charge in [-0.05, 0) is 50.8 Å². The monoisotopic (exact) mass is 337 g/mol. The van der Waals surface area contributed by atoms with Crippen LogP contribution in [0.25, 0.3) is 0 Å². The minimum Gasteiger partial charge on any atom is -0.374 e. The lowest BCUT2D eigenvalue weighted by atomic mass is 9.85. The van der Waals surface area contributed by atoms with Crippen LogP contribution in [0, 0.1) is 0 Å². The molecule has 3 unspecified atom stereocenters. The maximum atomic E-state index is 12.0. The van der Waals surface area contributed by atoms with Crippen LogP contribution in [-0.4, -0.2) is 18.1 Å². The summed E-state index contributed by atoms with van der Waals surface area (Å²) in [7, 11) is 0. The summed E-state index contributed by atoms with van der Waals surface area (Å²) in [6.45, 7) is 6.05. The summed E-state index contributed by atoms with van der Waals surface area (Å²) in [4.78, 5) is 12.2. The molecule has 2 heterocycles. The maximum absolute atomic E-state index is 12.0. The fourth-order valence-corrected chi connectivity index (χ4v) is 3.70. The van der Waals surface area contributed by atoms with Crippen molar-refractivity contribution >= 4 is 27.5 Å². The first-order chi connectivity index (χ1) is 9.39. The van der Waals surface area contributed by atoms with Gasteiger partial charge in [-0.2, -0.15) is 0 Å². The van der Waals surface area contributed by atoms with Crippen LogP contribution in [0.3, 0.4) is 0 Å². The highest BCUT2D eigenvalue weighted by molar-refractivity contribution is 9.09. The third-order valence-electron chi connectivity index (χ3n) is 4.44. The first kappa shape index (κ1) is 14.1. The number of amides is 1. The van der Waals surface area contributed by atoms with E-state index >= 15 is 0 Å². The molecule has 108 valence electrons. The predicted molar refractivity (Wildman–Crippen MR) is 83.3 cm³/mol. The zero-order valence-electron chi connectivity index (χ0n) is 12.1. The summed E-state index contributed by atoms with van der Waals surface area (Å²) in [5.74, 6) is 0.0708. The number of nitrogens with one attached hydrogen (secondary N) is 1. The summed E-state index contributed by atoms with van der Waals surface area (Å²) in [6.07, 6.45) is 2.75. The Hall–Kier alpha value is -0.870. The Kier molecular flexibility index (Phi) is 3.41. The number of halogens is 1. The number of anilines is 1. The van der Waals surface area contributed by atoms with E-state index in [4.69, 9.17) is 4.74 Å². The van der Waals surface area contributed by atoms with Gasteiger partial charge in [0.2, 0.25) is 5.91 Å². The molecule has 20 heavy (non-hydrogen) atoms. The standard InChI is InChI=1S/C16H20BrNO2/c1-9-4-7-13(20-9)14(17)10-5-6-12-11(8-10)16(2,3)15(19)18-12/h5-6,8-9,13-14H,4,7H2,1-3H3,(H,18,19). The third kappa shape index (κ3) is 2.19. The first-order valence-electron chi connectivity index (χ1n) is 7.15. The summed E-state index contributed by atoms with van der Waals surface area (Å²) in [5.41, 5.74) is 2.74. The van der Waals surface area contributed by atoms with Gasteiger partial charge in [0.25, 0.3) is 0 Å². The molecular weight excluding hydrogens is 318 g/mol. The van der Waals surface area contributed by atoms with Crippen LogP contribution < -0.4 is 5.32 Å². The molecule has 1 amide bonds. The maximum Gasteiger partial charge on any atom is 0.234 e. The van der Waals surface area contributed by atoms with Crippen LogP contribution in [0.5, 0.6) is 0 Å². The SMILES string of the molecule is CC1CCC(C(Br)c2ccc3c(c2)C(C)(C)C(=O)N3)O1. The molecule has 1 aromatic carbocycles. The highest BCUT2D eigenvalue weighted by Gasteiger charge is 2.39. The van der Waals surface area contributed by atoms with Gasteiger partial charge in [0.1, 0.15) is 0 Å². The van der Waals surface area contributed by atoms with Crippen LogP contribution in [0.1, 0.15) is 49.6 Å². The average Bonchev–Trinajstić information content (AvgIpc) is 2.92. The molecule has 1 N–H and O–H groups in total. The number of benzene rings is 1. The van der Waals surface area contributed by atoms with E-state index in [1.54, 1.807) is 0 Å². The zero-order valence-corrected chi connectivity index (χ0v) is 13.7. The Morgan fingerprint density at radius 2 is 2.15 bits per heavy atom. The normalized spacial score (nSPS) is 29.1. The number of ether oxygens (including phenoxy) is 1. The van der Waals surface area contributed by atoms with E-state index in [0.29, 0.717) is 6.10 Å². The van der Waals surface area contributed by atoms with Crippen molar-refractivity contribution in [1.82, 2.24) is 0 Å². The average molecular weight is 338 g/mol. The van der Waals surface area contributed by atoms with E-state index in [1.165, 1.54) is 5.56 Å². The molecule has 4 heteroatoms. The Bertz CT molecular complexity index is 555. The Morgan fingerprint density at radius 3 is 2.80 bits per heavy atom. The second-order valence-electron chi connectivity index (χ2n) is 6.35. The molecule has 3 nitrogen and oxygen atoms in total. The molecule has 1 fully saturated rings. The summed E-state index contributed by atoms with van der Waals surface area (Å²) < 4.78 is 5.94. The van der Waals surface area contributed by atoms with Gasteiger partial charge in [0, 0.05) is 5.69 Å². The van der Waals surface area contributed by atoms with Crippen LogP contribution in [0.2, 0.25) is 0 Å². The van der Waals surface area contributed by atoms with E-state index in [0.717, 1.165) is 24.1 Å². The summed E-state index contributed by atoms with van der Waals surface area (Å²) in [6, 6.07) is 6.22. The van der Waals surface area contributed by atoms with E-state index in [9.17, 15) is 4.79 Å². The number of carbonyl (C=O) groups is 1. The summed E-state index contributed by atoms with van der Waals surface area (Å²) in [5, 5.41) is 2.94. The van der Waals surface area contributed by atoms with Crippen molar-refractivity contribution in [2.24, 2.45) is 0 Å². The van der Waals surface area contributed by atoms with Gasteiger partial charge in [0.15, 0.2) is 0 Å². The Balaban J connectivity index is 1.90. The van der Waals surface area contributed by atoms with Gasteiger partial charge in [-0.15, -0.1) is 0 Å². The van der Waals surface area contributed by atoms with Crippen molar-refractivity contribution < 1.29 is 9.53 Å². The molecule has 0 aliphatic carbocycles. The highest BCUT2D eigenvalue weighted by Crippen LogP contribution is 2.42. The molecule has 1 saturated heterocycles. The van der Waals surface area contributed by atoms with Gasteiger partial charge < -0.3 is 10.1 Å². The molecule has 2 aliphatic rings. The predicted octanol–water partition coefficient (Wildman–Crippen LogP) is 3.92. The van der Waals surface area contributed by atoms with Gasteiger partial charge in [0.05, 0.1) is 22.5 Å². The molecule has 0 spiro atoms. The van der Waals surface area contributed by atoms with E-state index in [1.807, 2.05) is 19.9 Å². The Morgan fingerprint density at radius 1 is 1.40 bits per heavy atom. The highest BCUT2D eigenvalue weighted by atomic mass is 79.9. The van der Waals surface area contributed by atoms with Gasteiger partial charge in [-0.3, -0.25) is 4.79 Å². The lowest BCUT2D eigenvalue weighted by molar-refractivity contribution is -0.119. The Labute approximate surface area is 128 Å². The van der Waals surface area contributed by atoms with Crippen LogP contribution in [-0.2, 0) is 14.9 Å². The minimum absolute atomic E-state index is 0.0708. The molecule has 0 aromatic heterocycles. The fraction of sp³-hybridized carbons (Fsp3) is 0.562. The molecule has 0 bridgehead atoms. The fourth-order valence-electron chi connectivity index (χ4n) is 3.02. The number of carbonyl (C=O) groups excluding carboxylic acids is 1. The minimum atomic E-state index is -0.456. The molecule has 3 rings (SSSR count). The molecular formula is C16H20BrNO2. The smallest absolute Gasteiger partial charge is 0.234 e. The van der Waals surface area contributed by atoms with E-state index < -0.39 is 5.41 Å². The number of hydrogen-bond donors (Lipinski definition) is 1. The van der Waals surface area contributed by atoms with Crippen molar-refractivity contribution in [3.63, 3.8) is 0 Å². The van der Waals surface area contributed by atoms with Gasteiger partial charge in [-0.1, -0.05) is 28.1 Å². The van der Waals surface area contributed by atoms with Crippen molar-refractivity contribution in [2.45, 2.75) is 56.1 Å². The second kappa shape index (κ2) is 4.85. The number of alkyl halides is 1.